The van der Waals surface area contributed by atoms with E-state index in [-0.39, 0.29) is 29.8 Å². The van der Waals surface area contributed by atoms with Crippen LogP contribution in [0.4, 0.5) is 5.69 Å². The Morgan fingerprint density at radius 2 is 1.70 bits per heavy atom. The van der Waals surface area contributed by atoms with E-state index in [1.165, 1.54) is 0 Å². The monoisotopic (exact) mass is 298 g/mol. The van der Waals surface area contributed by atoms with Crippen molar-refractivity contribution in [2.24, 2.45) is 17.1 Å². The lowest BCUT2D eigenvalue weighted by molar-refractivity contribution is -0.117. The van der Waals surface area contributed by atoms with Gasteiger partial charge in [-0.3, -0.25) is 4.79 Å². The minimum atomic E-state index is 0. The normalized spacial score (nSPS) is 14.1. The average molecular weight is 299 g/mol. The van der Waals surface area contributed by atoms with Crippen LogP contribution in [0.2, 0.25) is 0 Å². The van der Waals surface area contributed by atoms with Gasteiger partial charge < -0.3 is 11.1 Å². The molecule has 0 aliphatic heterocycles. The Morgan fingerprint density at radius 3 is 2.10 bits per heavy atom. The first-order chi connectivity index (χ1) is 8.70. The van der Waals surface area contributed by atoms with Crippen LogP contribution in [0.5, 0.6) is 0 Å². The molecule has 0 spiro atoms. The number of carbonyl (C=O) groups is 1. The molecule has 1 rings (SSSR count). The van der Waals surface area contributed by atoms with Crippen LogP contribution in [-0.2, 0) is 4.79 Å². The van der Waals surface area contributed by atoms with Crippen molar-refractivity contribution in [1.82, 2.24) is 0 Å². The van der Waals surface area contributed by atoms with Crippen LogP contribution in [0.25, 0.3) is 0 Å². The van der Waals surface area contributed by atoms with Crippen molar-refractivity contribution < 1.29 is 4.79 Å². The molecule has 3 N–H and O–H groups in total. The van der Waals surface area contributed by atoms with Gasteiger partial charge in [0, 0.05) is 18.2 Å². The lowest BCUT2D eigenvalue weighted by Gasteiger charge is -2.26. The van der Waals surface area contributed by atoms with Gasteiger partial charge in [-0.1, -0.05) is 39.8 Å². The number of hydrogen-bond acceptors (Lipinski definition) is 2. The van der Waals surface area contributed by atoms with Crippen molar-refractivity contribution in [3.63, 3.8) is 0 Å². The van der Waals surface area contributed by atoms with E-state index in [1.54, 1.807) is 0 Å². The van der Waals surface area contributed by atoms with Crippen LogP contribution in [-0.4, -0.2) is 5.91 Å². The number of hydrogen-bond donors (Lipinski definition) is 2. The van der Waals surface area contributed by atoms with Crippen molar-refractivity contribution in [3.8, 4) is 0 Å². The maximum Gasteiger partial charge on any atom is 0.224 e. The van der Waals surface area contributed by atoms with Crippen molar-refractivity contribution in [2.45, 2.75) is 47.1 Å². The first kappa shape index (κ1) is 18.9. The number of benzene rings is 1. The lowest BCUT2D eigenvalue weighted by atomic mass is 9.80. The fraction of sp³-hybridized carbons (Fsp3) is 0.562. The molecule has 1 aromatic carbocycles. The molecule has 1 amide bonds. The third-order valence-corrected chi connectivity index (χ3v) is 3.69. The van der Waals surface area contributed by atoms with Crippen LogP contribution >= 0.6 is 12.4 Å². The van der Waals surface area contributed by atoms with Gasteiger partial charge in [-0.05, 0) is 36.0 Å². The van der Waals surface area contributed by atoms with E-state index in [4.69, 9.17) is 5.73 Å². The third kappa shape index (κ3) is 5.93. The predicted octanol–water partition coefficient (Wildman–Crippen LogP) is 4.14. The highest BCUT2D eigenvalue weighted by molar-refractivity contribution is 5.90. The number of amides is 1. The fourth-order valence-electron chi connectivity index (χ4n) is 1.67. The zero-order valence-corrected chi connectivity index (χ0v) is 13.9. The topological polar surface area (TPSA) is 55.1 Å². The van der Waals surface area contributed by atoms with Gasteiger partial charge in [0.2, 0.25) is 5.91 Å². The quantitative estimate of drug-likeness (QED) is 0.878. The van der Waals surface area contributed by atoms with Crippen LogP contribution in [0, 0.1) is 11.3 Å². The molecule has 3 nitrogen and oxygen atoms in total. The summed E-state index contributed by atoms with van der Waals surface area (Å²) in [6, 6.07) is 7.73. The zero-order chi connectivity index (χ0) is 14.6. The predicted molar refractivity (Wildman–Crippen MR) is 88.2 cm³/mol. The van der Waals surface area contributed by atoms with Gasteiger partial charge in [0.15, 0.2) is 0 Å². The summed E-state index contributed by atoms with van der Waals surface area (Å²) in [4.78, 5) is 12.0. The van der Waals surface area contributed by atoms with Gasteiger partial charge in [-0.2, -0.15) is 0 Å². The molecule has 0 bridgehead atoms. The molecule has 0 aromatic heterocycles. The first-order valence-corrected chi connectivity index (χ1v) is 6.85. The molecule has 0 fully saturated rings. The number of nitrogens with one attached hydrogen (secondary N) is 1. The van der Waals surface area contributed by atoms with E-state index in [9.17, 15) is 4.79 Å². The summed E-state index contributed by atoms with van der Waals surface area (Å²) in [5.41, 5.74) is 7.84. The summed E-state index contributed by atoms with van der Waals surface area (Å²) in [6.07, 6.45) is 0.540. The Morgan fingerprint density at radius 1 is 1.20 bits per heavy atom. The molecule has 0 saturated carbocycles. The summed E-state index contributed by atoms with van der Waals surface area (Å²) >= 11 is 0. The number of nitrogens with two attached hydrogens (primary N) is 1. The minimum absolute atomic E-state index is 0. The van der Waals surface area contributed by atoms with Crippen molar-refractivity contribution >= 4 is 24.0 Å². The van der Waals surface area contributed by atoms with Gasteiger partial charge in [-0.25, -0.2) is 0 Å². The molecular weight excluding hydrogens is 272 g/mol. The Balaban J connectivity index is 0.00000361. The molecule has 0 aliphatic rings. The highest BCUT2D eigenvalue weighted by atomic mass is 35.5. The second kappa shape index (κ2) is 7.65. The maximum atomic E-state index is 12.0. The van der Waals surface area contributed by atoms with Gasteiger partial charge in [0.05, 0.1) is 0 Å². The Hall–Kier alpha value is -1.06. The van der Waals surface area contributed by atoms with Crippen LogP contribution in [0.3, 0.4) is 0 Å². The highest BCUT2D eigenvalue weighted by Crippen LogP contribution is 2.28. The average Bonchev–Trinajstić information content (AvgIpc) is 2.28. The minimum Gasteiger partial charge on any atom is -0.326 e. The summed E-state index contributed by atoms with van der Waals surface area (Å²) < 4.78 is 0. The van der Waals surface area contributed by atoms with Gasteiger partial charge in [-0.15, -0.1) is 12.4 Å². The summed E-state index contributed by atoms with van der Waals surface area (Å²) in [5.74, 6) is 0.409. The molecule has 20 heavy (non-hydrogen) atoms. The second-order valence-electron chi connectivity index (χ2n) is 6.43. The zero-order valence-electron chi connectivity index (χ0n) is 13.1. The van der Waals surface area contributed by atoms with Gasteiger partial charge in [0.1, 0.15) is 0 Å². The third-order valence-electron chi connectivity index (χ3n) is 3.69. The molecule has 0 radical (unpaired) electrons. The Labute approximate surface area is 128 Å². The standard InChI is InChI=1S/C16H26N2O.ClH/c1-11(16(3,4)5)10-15(19)18-14-8-6-13(7-9-14)12(2)17;/h6-9,11-12H,10,17H2,1-5H3,(H,18,19);1H. The number of anilines is 1. The SMILES string of the molecule is CC(N)c1ccc(NC(=O)CC(C)C(C)(C)C)cc1.Cl. The molecule has 0 aliphatic carbocycles. The number of rotatable bonds is 4. The molecule has 2 unspecified atom stereocenters. The molecular formula is C16H27ClN2O. The largest absolute Gasteiger partial charge is 0.326 e. The van der Waals surface area contributed by atoms with E-state index in [0.29, 0.717) is 12.3 Å². The van der Waals surface area contributed by atoms with E-state index in [0.717, 1.165) is 11.3 Å². The molecule has 0 saturated heterocycles. The van der Waals surface area contributed by atoms with Crippen LogP contribution < -0.4 is 11.1 Å². The first-order valence-electron chi connectivity index (χ1n) is 6.85. The van der Waals surface area contributed by atoms with Gasteiger partial charge in [0.25, 0.3) is 0 Å². The van der Waals surface area contributed by atoms with E-state index in [1.807, 2.05) is 31.2 Å². The highest BCUT2D eigenvalue weighted by Gasteiger charge is 2.22. The van der Waals surface area contributed by atoms with Crippen LogP contribution in [0.1, 0.15) is 52.6 Å². The van der Waals surface area contributed by atoms with Gasteiger partial charge >= 0.3 is 0 Å². The lowest BCUT2D eigenvalue weighted by Crippen LogP contribution is -2.23. The van der Waals surface area contributed by atoms with Crippen molar-refractivity contribution in [1.29, 1.82) is 0 Å². The number of halogens is 1. The maximum absolute atomic E-state index is 12.0. The fourth-order valence-corrected chi connectivity index (χ4v) is 1.67. The summed E-state index contributed by atoms with van der Waals surface area (Å²) in [5, 5.41) is 2.93. The van der Waals surface area contributed by atoms with E-state index in [2.05, 4.69) is 33.0 Å². The summed E-state index contributed by atoms with van der Waals surface area (Å²) in [6.45, 7) is 10.5. The number of carbonyl (C=O) groups excluding carboxylic acids is 1. The van der Waals surface area contributed by atoms with Crippen molar-refractivity contribution in [2.75, 3.05) is 5.32 Å². The van der Waals surface area contributed by atoms with E-state index < -0.39 is 0 Å². The molecule has 4 heteroatoms. The molecule has 0 heterocycles. The van der Waals surface area contributed by atoms with Crippen molar-refractivity contribution in [3.05, 3.63) is 29.8 Å². The molecule has 2 atom stereocenters. The smallest absolute Gasteiger partial charge is 0.224 e. The molecule has 1 aromatic rings. The molecule has 114 valence electrons. The summed E-state index contributed by atoms with van der Waals surface area (Å²) in [7, 11) is 0. The Bertz CT molecular complexity index is 421. The Kier molecular flexibility index (Phi) is 7.25. The van der Waals surface area contributed by atoms with Crippen LogP contribution in [0.15, 0.2) is 24.3 Å². The van der Waals surface area contributed by atoms with E-state index >= 15 is 0 Å². The second-order valence-corrected chi connectivity index (χ2v) is 6.43.